The fourth-order valence-electron chi connectivity index (χ4n) is 5.08. The lowest BCUT2D eigenvalue weighted by Crippen LogP contribution is -1.96. The maximum absolute atomic E-state index is 2.38. The van der Waals surface area contributed by atoms with Gasteiger partial charge in [0.05, 0.1) is 0 Å². The lowest BCUT2D eigenvalue weighted by molar-refractivity contribution is 1.41. The number of rotatable bonds is 2. The second-order valence-electron chi connectivity index (χ2n) is 8.78. The Hall–Kier alpha value is -3.90. The summed E-state index contributed by atoms with van der Waals surface area (Å²) in [4.78, 5) is 0. The van der Waals surface area contributed by atoms with Crippen molar-refractivity contribution in [3.63, 3.8) is 0 Å². The Morgan fingerprint density at radius 3 is 1.56 bits per heavy atom. The predicted octanol–water partition coefficient (Wildman–Crippen LogP) is 8.44. The first-order valence-corrected chi connectivity index (χ1v) is 11.2. The van der Waals surface area contributed by atoms with Crippen LogP contribution in [0.1, 0.15) is 33.4 Å². The summed E-state index contributed by atoms with van der Waals surface area (Å²) in [5.74, 6) is 0. The van der Waals surface area contributed by atoms with Gasteiger partial charge in [-0.15, -0.1) is 0 Å². The molecular weight excluding hydrogens is 384 g/mol. The lowest BCUT2D eigenvalue weighted by atomic mass is 9.87. The molecule has 0 saturated heterocycles. The Morgan fingerprint density at radius 1 is 0.438 bits per heavy atom. The van der Waals surface area contributed by atoms with Crippen molar-refractivity contribution in [3.05, 3.63) is 143 Å². The van der Waals surface area contributed by atoms with E-state index in [1.165, 1.54) is 66.4 Å². The number of hydrogen-bond acceptors (Lipinski definition) is 0. The minimum Gasteiger partial charge on any atom is -0.0616 e. The van der Waals surface area contributed by atoms with E-state index < -0.39 is 0 Å². The molecule has 1 aliphatic carbocycles. The summed E-state index contributed by atoms with van der Waals surface area (Å²) in [6.07, 6.45) is 0. The number of benzene rings is 5. The predicted molar refractivity (Wildman–Crippen MR) is 137 cm³/mol. The number of aryl methyl sites for hydroxylation is 2. The molecule has 1 aliphatic rings. The highest BCUT2D eigenvalue weighted by Gasteiger charge is 2.27. The summed E-state index contributed by atoms with van der Waals surface area (Å²) >= 11 is 0. The molecule has 0 bridgehead atoms. The fourth-order valence-corrected chi connectivity index (χ4v) is 5.08. The summed E-state index contributed by atoms with van der Waals surface area (Å²) < 4.78 is 0. The molecule has 32 heavy (non-hydrogen) atoms. The topological polar surface area (TPSA) is 0 Å². The van der Waals surface area contributed by atoms with Crippen LogP contribution in [-0.4, -0.2) is 0 Å². The van der Waals surface area contributed by atoms with Crippen molar-refractivity contribution in [3.8, 4) is 11.1 Å². The molecule has 0 fully saturated rings. The highest BCUT2D eigenvalue weighted by Crippen LogP contribution is 2.50. The van der Waals surface area contributed by atoms with E-state index in [0.717, 1.165) is 0 Å². The average molecular weight is 409 g/mol. The highest BCUT2D eigenvalue weighted by molar-refractivity contribution is 6.15. The molecule has 0 atom stereocenters. The summed E-state index contributed by atoms with van der Waals surface area (Å²) in [7, 11) is 0. The molecule has 0 radical (unpaired) electrons. The van der Waals surface area contributed by atoms with E-state index in [9.17, 15) is 0 Å². The molecule has 0 aliphatic heterocycles. The third kappa shape index (κ3) is 2.99. The van der Waals surface area contributed by atoms with Gasteiger partial charge in [-0.3, -0.25) is 0 Å². The van der Waals surface area contributed by atoms with Gasteiger partial charge in [-0.25, -0.2) is 0 Å². The molecule has 0 nitrogen and oxygen atoms in total. The van der Waals surface area contributed by atoms with Crippen LogP contribution in [-0.2, 0) is 0 Å². The van der Waals surface area contributed by atoms with Crippen LogP contribution in [0.2, 0.25) is 0 Å². The van der Waals surface area contributed by atoms with Crippen molar-refractivity contribution >= 4 is 21.9 Å². The Bertz CT molecular complexity index is 1480. The third-order valence-electron chi connectivity index (χ3n) is 6.51. The molecule has 0 spiro atoms. The Kier molecular flexibility index (Phi) is 4.33. The van der Waals surface area contributed by atoms with E-state index in [0.29, 0.717) is 0 Å². The molecule has 0 saturated carbocycles. The van der Waals surface area contributed by atoms with Gasteiger partial charge >= 0.3 is 0 Å². The van der Waals surface area contributed by atoms with Crippen molar-refractivity contribution in [1.29, 1.82) is 0 Å². The van der Waals surface area contributed by atoms with Gasteiger partial charge in [0.15, 0.2) is 0 Å². The van der Waals surface area contributed by atoms with E-state index >= 15 is 0 Å². The van der Waals surface area contributed by atoms with Crippen LogP contribution in [0.3, 0.4) is 0 Å². The molecule has 0 heteroatoms. The Balaban J connectivity index is 1.78. The summed E-state index contributed by atoms with van der Waals surface area (Å²) in [6, 6.07) is 40.1. The van der Waals surface area contributed by atoms with Gasteiger partial charge in [0.1, 0.15) is 0 Å². The molecule has 5 aromatic carbocycles. The van der Waals surface area contributed by atoms with Crippen molar-refractivity contribution in [2.75, 3.05) is 0 Å². The van der Waals surface area contributed by atoms with Crippen LogP contribution in [0.25, 0.3) is 33.0 Å². The molecule has 0 unspecified atom stereocenters. The van der Waals surface area contributed by atoms with Crippen molar-refractivity contribution in [2.24, 2.45) is 0 Å². The van der Waals surface area contributed by atoms with E-state index in [4.69, 9.17) is 0 Å². The van der Waals surface area contributed by atoms with Crippen molar-refractivity contribution in [1.82, 2.24) is 0 Å². The van der Waals surface area contributed by atoms with Crippen molar-refractivity contribution < 1.29 is 0 Å². The third-order valence-corrected chi connectivity index (χ3v) is 6.51. The SMILES string of the molecule is Cc1cccc(C(=C2c3ccccc3-c3cc4ccccc4cc32)c2cccc(C)c2)c1. The molecule has 0 aromatic heterocycles. The van der Waals surface area contributed by atoms with Crippen LogP contribution in [0.15, 0.2) is 109 Å². The maximum Gasteiger partial charge on any atom is -0.00141 e. The van der Waals surface area contributed by atoms with E-state index in [2.05, 4.69) is 123 Å². The van der Waals surface area contributed by atoms with E-state index in [1.807, 2.05) is 0 Å². The second-order valence-corrected chi connectivity index (χ2v) is 8.78. The smallest absolute Gasteiger partial charge is 0.00141 e. The first kappa shape index (κ1) is 18.8. The first-order valence-electron chi connectivity index (χ1n) is 11.2. The molecular formula is C32H24. The zero-order chi connectivity index (χ0) is 21.7. The fraction of sp³-hybridized carbons (Fsp3) is 0.0625. The van der Waals surface area contributed by atoms with Crippen LogP contribution in [0, 0.1) is 13.8 Å². The average Bonchev–Trinajstić information content (AvgIpc) is 3.11. The van der Waals surface area contributed by atoms with E-state index in [1.54, 1.807) is 0 Å². The second kappa shape index (κ2) is 7.35. The van der Waals surface area contributed by atoms with Gasteiger partial charge in [0, 0.05) is 0 Å². The quantitative estimate of drug-likeness (QED) is 0.270. The van der Waals surface area contributed by atoms with Crippen LogP contribution >= 0.6 is 0 Å². The molecule has 5 aromatic rings. The number of hydrogen-bond donors (Lipinski definition) is 0. The van der Waals surface area contributed by atoms with E-state index in [-0.39, 0.29) is 0 Å². The molecule has 0 heterocycles. The number of fused-ring (bicyclic) bond motifs is 4. The summed E-state index contributed by atoms with van der Waals surface area (Å²) in [6.45, 7) is 4.35. The minimum atomic E-state index is 1.27. The molecule has 6 rings (SSSR count). The largest absolute Gasteiger partial charge is 0.0616 e. The van der Waals surface area contributed by atoms with Gasteiger partial charge in [0.2, 0.25) is 0 Å². The summed E-state index contributed by atoms with van der Waals surface area (Å²) in [5.41, 5.74) is 13.0. The Morgan fingerprint density at radius 2 is 0.969 bits per heavy atom. The zero-order valence-corrected chi connectivity index (χ0v) is 18.4. The van der Waals surface area contributed by atoms with Gasteiger partial charge < -0.3 is 0 Å². The lowest BCUT2D eigenvalue weighted by Gasteiger charge is -2.16. The minimum absolute atomic E-state index is 1.27. The highest BCUT2D eigenvalue weighted by atomic mass is 14.3. The Labute approximate surface area is 189 Å². The van der Waals surface area contributed by atoms with Crippen molar-refractivity contribution in [2.45, 2.75) is 13.8 Å². The molecule has 0 amide bonds. The molecule has 0 N–H and O–H groups in total. The maximum atomic E-state index is 2.38. The standard InChI is InChI=1S/C32H24/c1-21-9-7-13-25(17-21)31(26-14-8-10-22(2)18-26)32-28-16-6-5-15-27(28)29-19-23-11-3-4-12-24(23)20-30(29)32/h3-20H,1-2H3. The van der Waals surface area contributed by atoms with Crippen LogP contribution < -0.4 is 0 Å². The van der Waals surface area contributed by atoms with Crippen LogP contribution in [0.5, 0.6) is 0 Å². The monoisotopic (exact) mass is 408 g/mol. The summed E-state index contributed by atoms with van der Waals surface area (Å²) in [5, 5.41) is 2.57. The van der Waals surface area contributed by atoms with Crippen LogP contribution in [0.4, 0.5) is 0 Å². The van der Waals surface area contributed by atoms with Gasteiger partial charge in [-0.2, -0.15) is 0 Å². The first-order chi connectivity index (χ1) is 15.7. The zero-order valence-electron chi connectivity index (χ0n) is 18.4. The van der Waals surface area contributed by atoms with Gasteiger partial charge in [-0.1, -0.05) is 108 Å². The van der Waals surface area contributed by atoms with Gasteiger partial charge in [-0.05, 0) is 81.3 Å². The normalized spacial score (nSPS) is 12.0. The van der Waals surface area contributed by atoms with Gasteiger partial charge in [0.25, 0.3) is 0 Å². The molecule has 152 valence electrons.